The van der Waals surface area contributed by atoms with Gasteiger partial charge in [0.25, 0.3) is 0 Å². The van der Waals surface area contributed by atoms with Crippen molar-refractivity contribution in [1.82, 2.24) is 0 Å². The third-order valence-corrected chi connectivity index (χ3v) is 5.87. The number of para-hydroxylation sites is 1. The number of allylic oxidation sites excluding steroid dienone is 1. The van der Waals surface area contributed by atoms with E-state index in [1.54, 1.807) is 24.3 Å². The minimum Gasteiger partial charge on any atom is -0.465 e. The zero-order valence-corrected chi connectivity index (χ0v) is 17.1. The zero-order valence-electron chi connectivity index (χ0n) is 17.1. The Bertz CT molecular complexity index is 1100. The van der Waals surface area contributed by atoms with Crippen LogP contribution < -0.4 is 10.6 Å². The topological polar surface area (TPSA) is 98.9 Å². The number of ether oxygens (including phenoxy) is 2. The van der Waals surface area contributed by atoms with Crippen LogP contribution in [0.15, 0.2) is 47.1 Å². The summed E-state index contributed by atoms with van der Waals surface area (Å²) in [6.45, 7) is 3.86. The maximum absolute atomic E-state index is 14.0. The third kappa shape index (κ3) is 2.43. The highest BCUT2D eigenvalue weighted by Crippen LogP contribution is 2.57. The number of anilines is 1. The van der Waals surface area contributed by atoms with Crippen molar-refractivity contribution in [3.8, 4) is 12.3 Å². The zero-order chi connectivity index (χ0) is 21.8. The number of rotatable bonds is 2. The lowest BCUT2D eigenvalue weighted by atomic mass is 9.62. The van der Waals surface area contributed by atoms with Crippen molar-refractivity contribution in [2.75, 3.05) is 18.6 Å². The Kier molecular flexibility index (Phi) is 4.28. The number of ketones is 1. The Labute approximate surface area is 174 Å². The predicted octanol–water partition coefficient (Wildman–Crippen LogP) is 1.92. The molecule has 0 radical (unpaired) electrons. The summed E-state index contributed by atoms with van der Waals surface area (Å²) in [5.41, 5.74) is 5.03. The summed E-state index contributed by atoms with van der Waals surface area (Å²) in [5.74, 6) is 0.951. The number of nitrogens with two attached hydrogens (primary N) is 1. The molecule has 1 amide bonds. The number of terminal acetylenes is 1. The first kappa shape index (κ1) is 19.8. The van der Waals surface area contributed by atoms with E-state index in [1.165, 1.54) is 12.0 Å². The van der Waals surface area contributed by atoms with Crippen molar-refractivity contribution in [3.05, 3.63) is 52.6 Å². The van der Waals surface area contributed by atoms with Crippen LogP contribution in [0, 0.1) is 17.8 Å². The third-order valence-electron chi connectivity index (χ3n) is 5.87. The monoisotopic (exact) mass is 406 g/mol. The molecule has 0 unspecified atom stereocenters. The fraction of sp³-hybridized carbons (Fsp3) is 0.348. The molecule has 0 bridgehead atoms. The highest BCUT2D eigenvalue weighted by molar-refractivity contribution is 6.23. The molecule has 1 spiro atoms. The molecule has 7 nitrogen and oxygen atoms in total. The van der Waals surface area contributed by atoms with Crippen LogP contribution in [0.3, 0.4) is 0 Å². The fourth-order valence-electron chi connectivity index (χ4n) is 4.80. The minimum atomic E-state index is -1.74. The molecular formula is C23H22N2O5. The summed E-state index contributed by atoms with van der Waals surface area (Å²) >= 11 is 0. The Balaban J connectivity index is 2.12. The van der Waals surface area contributed by atoms with E-state index >= 15 is 0 Å². The summed E-state index contributed by atoms with van der Waals surface area (Å²) in [7, 11) is 1.19. The average Bonchev–Trinajstić information content (AvgIpc) is 2.90. The lowest BCUT2D eigenvalue weighted by Crippen LogP contribution is -2.52. The number of hydrogen-bond donors (Lipinski definition) is 1. The molecule has 2 aliphatic heterocycles. The van der Waals surface area contributed by atoms with E-state index in [0.29, 0.717) is 23.4 Å². The predicted molar refractivity (Wildman–Crippen MR) is 109 cm³/mol. The first-order valence-electron chi connectivity index (χ1n) is 9.57. The van der Waals surface area contributed by atoms with Gasteiger partial charge < -0.3 is 15.2 Å². The van der Waals surface area contributed by atoms with Crippen LogP contribution in [0.4, 0.5) is 5.69 Å². The van der Waals surface area contributed by atoms with Gasteiger partial charge in [-0.05, 0) is 11.5 Å². The van der Waals surface area contributed by atoms with Crippen molar-refractivity contribution < 1.29 is 23.9 Å². The maximum Gasteiger partial charge on any atom is 0.340 e. The highest BCUT2D eigenvalue weighted by Gasteiger charge is 2.64. The maximum atomic E-state index is 14.0. The first-order valence-corrected chi connectivity index (χ1v) is 9.57. The number of hydrogen-bond acceptors (Lipinski definition) is 6. The van der Waals surface area contributed by atoms with Crippen molar-refractivity contribution in [2.24, 2.45) is 11.1 Å². The lowest BCUT2D eigenvalue weighted by Gasteiger charge is -2.42. The van der Waals surface area contributed by atoms with Gasteiger partial charge in [-0.2, -0.15) is 0 Å². The molecule has 30 heavy (non-hydrogen) atoms. The molecule has 0 saturated carbocycles. The second-order valence-electron chi connectivity index (χ2n) is 8.43. The van der Waals surface area contributed by atoms with E-state index in [9.17, 15) is 14.4 Å². The largest absolute Gasteiger partial charge is 0.465 e. The molecule has 2 heterocycles. The van der Waals surface area contributed by atoms with Gasteiger partial charge >= 0.3 is 5.97 Å². The fourth-order valence-corrected chi connectivity index (χ4v) is 4.80. The highest BCUT2D eigenvalue weighted by atomic mass is 16.5. The molecule has 7 heteroatoms. The molecule has 154 valence electrons. The Morgan fingerprint density at radius 3 is 2.67 bits per heavy atom. The van der Waals surface area contributed by atoms with Gasteiger partial charge in [0.1, 0.15) is 16.7 Å². The van der Waals surface area contributed by atoms with Crippen LogP contribution in [0.25, 0.3) is 0 Å². The van der Waals surface area contributed by atoms with E-state index in [0.717, 1.165) is 0 Å². The quantitative estimate of drug-likeness (QED) is 0.595. The van der Waals surface area contributed by atoms with Gasteiger partial charge in [0.15, 0.2) is 5.78 Å². The van der Waals surface area contributed by atoms with Gasteiger partial charge in [-0.1, -0.05) is 38.0 Å². The summed E-state index contributed by atoms with van der Waals surface area (Å²) in [5, 5.41) is 0. The van der Waals surface area contributed by atoms with E-state index in [4.69, 9.17) is 21.6 Å². The first-order chi connectivity index (χ1) is 14.2. The summed E-state index contributed by atoms with van der Waals surface area (Å²) in [4.78, 5) is 41.7. The number of amides is 1. The van der Waals surface area contributed by atoms with Crippen molar-refractivity contribution in [2.45, 2.75) is 32.1 Å². The average molecular weight is 406 g/mol. The molecule has 1 aliphatic carbocycles. The van der Waals surface area contributed by atoms with Crippen molar-refractivity contribution >= 4 is 23.3 Å². The van der Waals surface area contributed by atoms with Gasteiger partial charge in [0.05, 0.1) is 19.2 Å². The van der Waals surface area contributed by atoms with E-state index in [2.05, 4.69) is 5.92 Å². The summed E-state index contributed by atoms with van der Waals surface area (Å²) in [6.07, 6.45) is 6.12. The second-order valence-corrected chi connectivity index (χ2v) is 8.43. The Hall–Kier alpha value is -3.53. The molecule has 2 N–H and O–H groups in total. The molecule has 0 fully saturated rings. The van der Waals surface area contributed by atoms with Crippen molar-refractivity contribution in [1.29, 1.82) is 0 Å². The smallest absolute Gasteiger partial charge is 0.340 e. The van der Waals surface area contributed by atoms with Gasteiger partial charge in [-0.3, -0.25) is 14.5 Å². The molecule has 1 atom stereocenters. The summed E-state index contributed by atoms with van der Waals surface area (Å²) in [6, 6.07) is 6.95. The molecule has 3 aliphatic rings. The number of benzene rings is 1. The van der Waals surface area contributed by atoms with E-state index in [-0.39, 0.29) is 41.2 Å². The molecule has 1 aromatic rings. The van der Waals surface area contributed by atoms with E-state index < -0.39 is 17.3 Å². The van der Waals surface area contributed by atoms with Crippen LogP contribution in [0.2, 0.25) is 0 Å². The van der Waals surface area contributed by atoms with Crippen molar-refractivity contribution in [3.63, 3.8) is 0 Å². The number of Topliss-reactive ketones (excluding diaryl/α,β-unsaturated/α-hetero) is 1. The van der Waals surface area contributed by atoms with Gasteiger partial charge in [0, 0.05) is 24.1 Å². The Morgan fingerprint density at radius 1 is 1.30 bits per heavy atom. The molecule has 0 aromatic heterocycles. The standard InChI is InChI=1S/C23H22N2O5/c1-5-10-25-14-9-7-6-8-13(14)23(21(25)28)17-15(26)11-22(2,3)12-16(17)30-19(24)18(23)20(27)29-4/h1,6-9H,10-12,24H2,2-4H3/t23-/m0/s1. The van der Waals surface area contributed by atoms with Gasteiger partial charge in [-0.15, -0.1) is 6.42 Å². The van der Waals surface area contributed by atoms with Gasteiger partial charge in [-0.25, -0.2) is 4.79 Å². The van der Waals surface area contributed by atoms with E-state index in [1.807, 2.05) is 13.8 Å². The van der Waals surface area contributed by atoms with Crippen LogP contribution in [-0.4, -0.2) is 31.3 Å². The number of methoxy groups -OCH3 is 1. The molecular weight excluding hydrogens is 384 g/mol. The lowest BCUT2D eigenvalue weighted by molar-refractivity contribution is -0.139. The second kappa shape index (κ2) is 6.49. The molecule has 1 aromatic carbocycles. The number of carbonyl (C=O) groups excluding carboxylic acids is 3. The number of nitrogens with zero attached hydrogens (tertiary/aromatic N) is 1. The van der Waals surface area contributed by atoms with Gasteiger partial charge in [0.2, 0.25) is 11.8 Å². The van der Waals surface area contributed by atoms with Crippen LogP contribution >= 0.6 is 0 Å². The molecule has 4 rings (SSSR count). The molecule has 0 saturated heterocycles. The SMILES string of the molecule is C#CCN1C(=O)[C@@]2(C(C(=O)OC)=C(N)OC3=C2C(=O)CC(C)(C)C3)c2ccccc21. The minimum absolute atomic E-state index is 0.0187. The Morgan fingerprint density at radius 2 is 2.00 bits per heavy atom. The number of esters is 1. The van der Waals surface area contributed by atoms with Crippen LogP contribution in [0.1, 0.15) is 32.3 Å². The normalized spacial score (nSPS) is 24.4. The summed E-state index contributed by atoms with van der Waals surface area (Å²) < 4.78 is 10.7. The van der Waals surface area contributed by atoms with Crippen LogP contribution in [0.5, 0.6) is 0 Å². The number of carbonyl (C=O) groups is 3. The van der Waals surface area contributed by atoms with Crippen LogP contribution in [-0.2, 0) is 29.3 Å². The number of fused-ring (bicyclic) bond motifs is 3.